The Balaban J connectivity index is 1.76. The van der Waals surface area contributed by atoms with Crippen molar-refractivity contribution in [2.45, 2.75) is 33.7 Å². The molecule has 134 valence electrons. The number of hydrogen-bond acceptors (Lipinski definition) is 3. The van der Waals surface area contributed by atoms with Crippen molar-refractivity contribution in [2.75, 3.05) is 26.3 Å². The van der Waals surface area contributed by atoms with E-state index in [1.54, 1.807) is 4.90 Å². The number of aryl methyl sites for hydroxylation is 3. The number of hydrogen-bond donors (Lipinski definition) is 2. The van der Waals surface area contributed by atoms with Crippen LogP contribution in [-0.2, 0) is 27.3 Å². The highest BCUT2D eigenvalue weighted by Gasteiger charge is 2.23. The Bertz CT molecular complexity index is 804. The lowest BCUT2D eigenvalue weighted by molar-refractivity contribution is -0.148. The topological polar surface area (TPSA) is 74.4 Å². The first kappa shape index (κ1) is 17.5. The summed E-state index contributed by atoms with van der Waals surface area (Å²) in [6, 6.07) is 4.21. The van der Waals surface area contributed by atoms with Crippen LogP contribution in [0.3, 0.4) is 0 Å². The van der Waals surface area contributed by atoms with Gasteiger partial charge < -0.3 is 19.9 Å². The summed E-state index contributed by atoms with van der Waals surface area (Å²) in [4.78, 5) is 29.4. The molecule has 25 heavy (non-hydrogen) atoms. The van der Waals surface area contributed by atoms with E-state index < -0.39 is 11.8 Å². The fraction of sp³-hybridized carbons (Fsp3) is 0.474. The molecule has 6 heteroatoms. The van der Waals surface area contributed by atoms with Crippen LogP contribution in [0.5, 0.6) is 0 Å². The van der Waals surface area contributed by atoms with E-state index in [-0.39, 0.29) is 0 Å². The summed E-state index contributed by atoms with van der Waals surface area (Å²) < 4.78 is 5.21. The molecule has 0 bridgehead atoms. The molecule has 1 aromatic carbocycles. The van der Waals surface area contributed by atoms with Crippen LogP contribution in [-0.4, -0.2) is 48.0 Å². The van der Waals surface area contributed by atoms with Crippen LogP contribution in [0.15, 0.2) is 12.1 Å². The van der Waals surface area contributed by atoms with Crippen molar-refractivity contribution in [1.29, 1.82) is 0 Å². The summed E-state index contributed by atoms with van der Waals surface area (Å²) in [6.45, 7) is 8.51. The lowest BCUT2D eigenvalue weighted by atomic mass is 10.0. The molecule has 1 aromatic heterocycles. The Kier molecular flexibility index (Phi) is 5.08. The van der Waals surface area contributed by atoms with Gasteiger partial charge in [0.15, 0.2) is 0 Å². The molecule has 0 unspecified atom stereocenters. The maximum absolute atomic E-state index is 12.2. The number of carbonyl (C=O) groups is 2. The Morgan fingerprint density at radius 3 is 2.64 bits per heavy atom. The van der Waals surface area contributed by atoms with E-state index in [0.29, 0.717) is 32.8 Å². The zero-order valence-corrected chi connectivity index (χ0v) is 15.1. The zero-order chi connectivity index (χ0) is 18.0. The van der Waals surface area contributed by atoms with Gasteiger partial charge in [-0.3, -0.25) is 9.59 Å². The summed E-state index contributed by atoms with van der Waals surface area (Å²) in [5.41, 5.74) is 5.64. The van der Waals surface area contributed by atoms with Gasteiger partial charge in [-0.05, 0) is 37.5 Å². The molecule has 2 amide bonds. The maximum atomic E-state index is 12.2. The second kappa shape index (κ2) is 7.27. The lowest BCUT2D eigenvalue weighted by Crippen LogP contribution is -2.47. The molecule has 2 aromatic rings. The predicted molar refractivity (Wildman–Crippen MR) is 96.4 cm³/mol. The third kappa shape index (κ3) is 3.54. The number of morpholine rings is 1. The van der Waals surface area contributed by atoms with Gasteiger partial charge >= 0.3 is 11.8 Å². The number of carbonyl (C=O) groups excluding carboxylic acids is 2. The van der Waals surface area contributed by atoms with Crippen molar-refractivity contribution in [3.63, 3.8) is 0 Å². The highest BCUT2D eigenvalue weighted by Crippen LogP contribution is 2.26. The van der Waals surface area contributed by atoms with Crippen LogP contribution in [0.25, 0.3) is 10.9 Å². The van der Waals surface area contributed by atoms with Crippen molar-refractivity contribution < 1.29 is 14.3 Å². The molecule has 1 aliphatic rings. The van der Waals surface area contributed by atoms with E-state index in [9.17, 15) is 9.59 Å². The van der Waals surface area contributed by atoms with Crippen LogP contribution in [0.4, 0.5) is 0 Å². The quantitative estimate of drug-likeness (QED) is 0.835. The third-order valence-corrected chi connectivity index (χ3v) is 4.78. The fourth-order valence-electron chi connectivity index (χ4n) is 3.37. The highest BCUT2D eigenvalue weighted by atomic mass is 16.5. The summed E-state index contributed by atoms with van der Waals surface area (Å²) >= 11 is 0. The summed E-state index contributed by atoms with van der Waals surface area (Å²) in [6.07, 6.45) is 0.931. The number of amides is 2. The van der Waals surface area contributed by atoms with Crippen molar-refractivity contribution in [2.24, 2.45) is 0 Å². The van der Waals surface area contributed by atoms with E-state index in [1.807, 2.05) is 6.92 Å². The Hall–Kier alpha value is -2.34. The molecule has 1 fully saturated rings. The number of nitrogens with one attached hydrogen (secondary N) is 2. The Labute approximate surface area is 147 Å². The van der Waals surface area contributed by atoms with Crippen LogP contribution < -0.4 is 5.32 Å². The maximum Gasteiger partial charge on any atom is 0.312 e. The van der Waals surface area contributed by atoms with Crippen LogP contribution in [0.2, 0.25) is 0 Å². The lowest BCUT2D eigenvalue weighted by Gasteiger charge is -2.26. The van der Waals surface area contributed by atoms with Crippen LogP contribution in [0, 0.1) is 13.8 Å². The molecule has 1 saturated heterocycles. The van der Waals surface area contributed by atoms with Crippen LogP contribution >= 0.6 is 0 Å². The largest absolute Gasteiger partial charge is 0.378 e. The molecule has 0 atom stereocenters. The van der Waals surface area contributed by atoms with Gasteiger partial charge in [-0.1, -0.05) is 18.6 Å². The van der Waals surface area contributed by atoms with E-state index in [2.05, 4.69) is 36.3 Å². The number of H-pyrrole nitrogens is 1. The fourth-order valence-corrected chi connectivity index (χ4v) is 3.37. The second-order valence-corrected chi connectivity index (χ2v) is 6.52. The molecular formula is C19H25N3O3. The molecule has 0 spiro atoms. The minimum atomic E-state index is -0.560. The number of benzene rings is 1. The molecule has 2 heterocycles. The van der Waals surface area contributed by atoms with Gasteiger partial charge in [-0.2, -0.15) is 0 Å². The standard InChI is InChI=1S/C19H25N3O3/c1-4-16-13(3)15-10-12(2)9-14(17(15)21-16)11-20-18(23)19(24)22-5-7-25-8-6-22/h9-10,21H,4-8,11H2,1-3H3,(H,20,23). The highest BCUT2D eigenvalue weighted by molar-refractivity contribution is 6.35. The van der Waals surface area contributed by atoms with E-state index in [4.69, 9.17) is 4.74 Å². The average Bonchev–Trinajstić information content (AvgIpc) is 2.95. The number of aromatic amines is 1. The minimum Gasteiger partial charge on any atom is -0.378 e. The Morgan fingerprint density at radius 2 is 1.96 bits per heavy atom. The van der Waals surface area contributed by atoms with Gasteiger partial charge in [0, 0.05) is 30.7 Å². The predicted octanol–water partition coefficient (Wildman–Crippen LogP) is 1.82. The first-order valence-corrected chi connectivity index (χ1v) is 8.76. The number of nitrogens with zero attached hydrogens (tertiary/aromatic N) is 1. The molecule has 1 aliphatic heterocycles. The SMILES string of the molecule is CCc1[nH]c2c(CNC(=O)C(=O)N3CCOCC3)cc(C)cc2c1C. The van der Waals surface area contributed by atoms with Gasteiger partial charge in [-0.15, -0.1) is 0 Å². The molecular weight excluding hydrogens is 318 g/mol. The second-order valence-electron chi connectivity index (χ2n) is 6.52. The smallest absolute Gasteiger partial charge is 0.312 e. The van der Waals surface area contributed by atoms with E-state index in [1.165, 1.54) is 16.6 Å². The average molecular weight is 343 g/mol. The van der Waals surface area contributed by atoms with Gasteiger partial charge in [0.25, 0.3) is 0 Å². The number of rotatable bonds is 3. The molecule has 2 N–H and O–H groups in total. The minimum absolute atomic E-state index is 0.330. The molecule has 6 nitrogen and oxygen atoms in total. The van der Waals surface area contributed by atoms with Gasteiger partial charge in [-0.25, -0.2) is 0 Å². The van der Waals surface area contributed by atoms with Crippen molar-refractivity contribution in [3.05, 3.63) is 34.5 Å². The summed E-state index contributed by atoms with van der Waals surface area (Å²) in [5.74, 6) is -1.04. The summed E-state index contributed by atoms with van der Waals surface area (Å²) in [5, 5.41) is 3.95. The van der Waals surface area contributed by atoms with Gasteiger partial charge in [0.2, 0.25) is 0 Å². The van der Waals surface area contributed by atoms with Crippen molar-refractivity contribution in [3.8, 4) is 0 Å². The van der Waals surface area contributed by atoms with Crippen molar-refractivity contribution >= 4 is 22.7 Å². The normalized spacial score (nSPS) is 14.8. The summed E-state index contributed by atoms with van der Waals surface area (Å²) in [7, 11) is 0. The first-order chi connectivity index (χ1) is 12.0. The molecule has 3 rings (SSSR count). The first-order valence-electron chi connectivity index (χ1n) is 8.76. The van der Waals surface area contributed by atoms with Gasteiger partial charge in [0.05, 0.1) is 18.7 Å². The van der Waals surface area contributed by atoms with Crippen LogP contribution in [0.1, 0.15) is 29.3 Å². The van der Waals surface area contributed by atoms with E-state index >= 15 is 0 Å². The monoisotopic (exact) mass is 343 g/mol. The number of aromatic nitrogens is 1. The molecule has 0 saturated carbocycles. The third-order valence-electron chi connectivity index (χ3n) is 4.78. The van der Waals surface area contributed by atoms with Crippen molar-refractivity contribution in [1.82, 2.24) is 15.2 Å². The van der Waals surface area contributed by atoms with Gasteiger partial charge in [0.1, 0.15) is 0 Å². The Morgan fingerprint density at radius 1 is 1.24 bits per heavy atom. The molecule has 0 aliphatic carbocycles. The number of ether oxygens (including phenoxy) is 1. The molecule has 0 radical (unpaired) electrons. The van der Waals surface area contributed by atoms with E-state index in [0.717, 1.165) is 23.1 Å². The zero-order valence-electron chi connectivity index (χ0n) is 15.1. The number of fused-ring (bicyclic) bond motifs is 1.